The van der Waals surface area contributed by atoms with Gasteiger partial charge in [0.2, 0.25) is 0 Å². The fourth-order valence-corrected chi connectivity index (χ4v) is 2.67. The van der Waals surface area contributed by atoms with E-state index in [1.165, 1.54) is 5.56 Å². The summed E-state index contributed by atoms with van der Waals surface area (Å²) in [5.41, 5.74) is 9.91. The average molecular weight is 334 g/mol. The Morgan fingerprint density at radius 3 is 2.39 bits per heavy atom. The van der Waals surface area contributed by atoms with Crippen LogP contribution in [0.15, 0.2) is 30.3 Å². The molecule has 0 amide bonds. The molecule has 4 heteroatoms. The van der Waals surface area contributed by atoms with Crippen molar-refractivity contribution >= 4 is 11.6 Å². The summed E-state index contributed by atoms with van der Waals surface area (Å²) >= 11 is 6.20. The van der Waals surface area contributed by atoms with Crippen LogP contribution in [0.5, 0.6) is 11.5 Å². The molecule has 2 rings (SSSR count). The summed E-state index contributed by atoms with van der Waals surface area (Å²) < 4.78 is 11.4. The van der Waals surface area contributed by atoms with Gasteiger partial charge in [-0.25, -0.2) is 0 Å². The summed E-state index contributed by atoms with van der Waals surface area (Å²) in [5, 5.41) is 0.790. The molecule has 0 heterocycles. The number of benzene rings is 2. The molecule has 0 atom stereocenters. The van der Waals surface area contributed by atoms with Gasteiger partial charge in [-0.1, -0.05) is 17.7 Å². The monoisotopic (exact) mass is 333 g/mol. The lowest BCUT2D eigenvalue weighted by molar-refractivity contribution is 0.296. The molecular weight excluding hydrogens is 310 g/mol. The van der Waals surface area contributed by atoms with Gasteiger partial charge in [0.05, 0.1) is 7.11 Å². The Hall–Kier alpha value is -1.71. The minimum absolute atomic E-state index is 0.458. The molecule has 2 aromatic rings. The zero-order chi connectivity index (χ0) is 16.8. The zero-order valence-corrected chi connectivity index (χ0v) is 14.7. The number of hydrogen-bond acceptors (Lipinski definition) is 3. The summed E-state index contributed by atoms with van der Waals surface area (Å²) in [6, 6.07) is 10.1. The highest BCUT2D eigenvalue weighted by Gasteiger charge is 2.08. The number of halogens is 1. The maximum atomic E-state index is 6.20. The van der Waals surface area contributed by atoms with E-state index in [0.29, 0.717) is 13.2 Å². The van der Waals surface area contributed by atoms with Crippen molar-refractivity contribution in [1.29, 1.82) is 0 Å². The number of aryl methyl sites for hydroxylation is 3. The van der Waals surface area contributed by atoms with Crippen LogP contribution in [0, 0.1) is 13.8 Å². The summed E-state index contributed by atoms with van der Waals surface area (Å²) in [4.78, 5) is 0. The normalized spacial score (nSPS) is 10.7. The van der Waals surface area contributed by atoms with Gasteiger partial charge >= 0.3 is 0 Å². The van der Waals surface area contributed by atoms with E-state index in [1.54, 1.807) is 7.11 Å². The highest BCUT2D eigenvalue weighted by atomic mass is 35.5. The third kappa shape index (κ3) is 4.63. The van der Waals surface area contributed by atoms with Crippen LogP contribution in [0.2, 0.25) is 5.02 Å². The number of ether oxygens (including phenoxy) is 2. The minimum Gasteiger partial charge on any atom is -0.496 e. The Balaban J connectivity index is 2.15. The Labute approximate surface area is 143 Å². The molecule has 0 aliphatic heterocycles. The van der Waals surface area contributed by atoms with Gasteiger partial charge in [-0.3, -0.25) is 0 Å². The van der Waals surface area contributed by atoms with Gasteiger partial charge in [0, 0.05) is 10.6 Å². The van der Waals surface area contributed by atoms with Crippen molar-refractivity contribution in [3.63, 3.8) is 0 Å². The van der Waals surface area contributed by atoms with Gasteiger partial charge in [0.25, 0.3) is 0 Å². The van der Waals surface area contributed by atoms with Gasteiger partial charge in [-0.15, -0.1) is 0 Å². The Morgan fingerprint density at radius 1 is 1.09 bits per heavy atom. The van der Waals surface area contributed by atoms with Crippen LogP contribution in [-0.4, -0.2) is 13.7 Å². The Bertz CT molecular complexity index is 647. The Morgan fingerprint density at radius 2 is 1.78 bits per heavy atom. The third-order valence-corrected chi connectivity index (χ3v) is 4.41. The van der Waals surface area contributed by atoms with Gasteiger partial charge < -0.3 is 15.2 Å². The molecule has 0 saturated heterocycles. The number of hydrogen-bond donors (Lipinski definition) is 1. The molecular formula is C19H24ClNO2. The predicted molar refractivity (Wildman–Crippen MR) is 95.6 cm³/mol. The molecule has 0 spiro atoms. The molecule has 0 fully saturated rings. The zero-order valence-electron chi connectivity index (χ0n) is 14.0. The van der Waals surface area contributed by atoms with Crippen LogP contribution < -0.4 is 15.2 Å². The highest BCUT2D eigenvalue weighted by Crippen LogP contribution is 2.28. The standard InChI is InChI=1S/C19H24ClNO2/c1-13-9-17(10-14(2)19(13)20)23-12-16-11-15(5-4-8-21)6-7-18(16)22-3/h6-7,9-11H,4-5,8,12,21H2,1-3H3. The first kappa shape index (κ1) is 17.6. The maximum Gasteiger partial charge on any atom is 0.125 e. The first-order chi connectivity index (χ1) is 11.0. The second-order valence-electron chi connectivity index (χ2n) is 5.70. The number of nitrogens with two attached hydrogens (primary N) is 1. The molecule has 0 bridgehead atoms. The molecule has 23 heavy (non-hydrogen) atoms. The van der Waals surface area contributed by atoms with E-state index in [4.69, 9.17) is 26.8 Å². The molecule has 2 N–H and O–H groups in total. The topological polar surface area (TPSA) is 44.5 Å². The second-order valence-corrected chi connectivity index (χ2v) is 6.08. The number of methoxy groups -OCH3 is 1. The molecule has 124 valence electrons. The van der Waals surface area contributed by atoms with E-state index in [2.05, 4.69) is 12.1 Å². The van der Waals surface area contributed by atoms with E-state index < -0.39 is 0 Å². The van der Waals surface area contributed by atoms with E-state index in [1.807, 2.05) is 32.0 Å². The van der Waals surface area contributed by atoms with Crippen molar-refractivity contribution in [2.24, 2.45) is 5.73 Å². The quantitative estimate of drug-likeness (QED) is 0.814. The van der Waals surface area contributed by atoms with Crippen LogP contribution in [0.3, 0.4) is 0 Å². The smallest absolute Gasteiger partial charge is 0.125 e. The van der Waals surface area contributed by atoms with Crippen LogP contribution in [0.25, 0.3) is 0 Å². The Kier molecular flexibility index (Phi) is 6.31. The van der Waals surface area contributed by atoms with Crippen LogP contribution in [-0.2, 0) is 13.0 Å². The minimum atomic E-state index is 0.458. The van der Waals surface area contributed by atoms with Crippen molar-refractivity contribution in [2.75, 3.05) is 13.7 Å². The van der Waals surface area contributed by atoms with Crippen molar-refractivity contribution in [3.8, 4) is 11.5 Å². The van der Waals surface area contributed by atoms with Gasteiger partial charge in [0.15, 0.2) is 0 Å². The molecule has 0 radical (unpaired) electrons. The summed E-state index contributed by atoms with van der Waals surface area (Å²) in [6.07, 6.45) is 1.94. The van der Waals surface area contributed by atoms with Crippen LogP contribution in [0.4, 0.5) is 0 Å². The number of rotatable bonds is 7. The lowest BCUT2D eigenvalue weighted by Crippen LogP contribution is -2.03. The van der Waals surface area contributed by atoms with Crippen molar-refractivity contribution in [1.82, 2.24) is 0 Å². The van der Waals surface area contributed by atoms with E-state index >= 15 is 0 Å². The lowest BCUT2D eigenvalue weighted by atomic mass is 10.1. The molecule has 0 unspecified atom stereocenters. The SMILES string of the molecule is COc1ccc(CCCN)cc1COc1cc(C)c(Cl)c(C)c1. The first-order valence-corrected chi connectivity index (χ1v) is 8.18. The lowest BCUT2D eigenvalue weighted by Gasteiger charge is -2.13. The first-order valence-electron chi connectivity index (χ1n) is 7.80. The summed E-state index contributed by atoms with van der Waals surface area (Å²) in [5.74, 6) is 1.66. The molecule has 0 aliphatic carbocycles. The van der Waals surface area contributed by atoms with Crippen molar-refractivity contribution < 1.29 is 9.47 Å². The predicted octanol–water partition coefficient (Wildman–Crippen LogP) is 4.44. The fourth-order valence-electron chi connectivity index (χ4n) is 2.56. The van der Waals surface area contributed by atoms with Gasteiger partial charge in [-0.05, 0) is 74.2 Å². The van der Waals surface area contributed by atoms with Gasteiger partial charge in [-0.2, -0.15) is 0 Å². The van der Waals surface area contributed by atoms with Crippen LogP contribution >= 0.6 is 11.6 Å². The second kappa shape index (κ2) is 8.23. The molecule has 0 saturated carbocycles. The van der Waals surface area contributed by atoms with E-state index in [9.17, 15) is 0 Å². The van der Waals surface area contributed by atoms with Crippen molar-refractivity contribution in [2.45, 2.75) is 33.3 Å². The van der Waals surface area contributed by atoms with Gasteiger partial charge in [0.1, 0.15) is 18.1 Å². The third-order valence-electron chi connectivity index (χ3n) is 3.82. The van der Waals surface area contributed by atoms with Crippen LogP contribution in [0.1, 0.15) is 28.7 Å². The summed E-state index contributed by atoms with van der Waals surface area (Å²) in [7, 11) is 1.68. The fraction of sp³-hybridized carbons (Fsp3) is 0.368. The highest BCUT2D eigenvalue weighted by molar-refractivity contribution is 6.32. The molecule has 0 aromatic heterocycles. The largest absolute Gasteiger partial charge is 0.496 e. The van der Waals surface area contributed by atoms with E-state index in [0.717, 1.165) is 46.1 Å². The molecule has 0 aliphatic rings. The van der Waals surface area contributed by atoms with Crippen molar-refractivity contribution in [3.05, 3.63) is 57.6 Å². The molecule has 3 nitrogen and oxygen atoms in total. The molecule has 2 aromatic carbocycles. The van der Waals surface area contributed by atoms with E-state index in [-0.39, 0.29) is 0 Å². The summed E-state index contributed by atoms with van der Waals surface area (Å²) in [6.45, 7) is 5.12. The average Bonchev–Trinajstić information content (AvgIpc) is 2.55. The maximum absolute atomic E-state index is 6.20.